The Kier molecular flexibility index (Phi) is 3.37. The number of aromatic nitrogens is 2. The summed E-state index contributed by atoms with van der Waals surface area (Å²) in [7, 11) is 0. The van der Waals surface area contributed by atoms with Crippen LogP contribution in [0.3, 0.4) is 0 Å². The summed E-state index contributed by atoms with van der Waals surface area (Å²) in [6, 6.07) is 8.10. The van der Waals surface area contributed by atoms with E-state index in [4.69, 9.17) is 11.6 Å². The van der Waals surface area contributed by atoms with Crippen molar-refractivity contribution in [2.24, 2.45) is 5.41 Å². The van der Waals surface area contributed by atoms with Gasteiger partial charge in [-0.05, 0) is 36.1 Å². The normalized spacial score (nSPS) is 21.5. The lowest BCUT2D eigenvalue weighted by Crippen LogP contribution is -2.33. The molecule has 3 heterocycles. The molecule has 0 saturated carbocycles. The van der Waals surface area contributed by atoms with Gasteiger partial charge in [0.25, 0.3) is 0 Å². The smallest absolute Gasteiger partial charge is 0.162 e. The Morgan fingerprint density at radius 3 is 2.85 bits per heavy atom. The van der Waals surface area contributed by atoms with Crippen molar-refractivity contribution >= 4 is 45.3 Å². The fraction of sp³-hybridized carbons (Fsp3) is 0.300. The number of benzene rings is 1. The Bertz CT molecular complexity index is 1090. The standard InChI is InChI=1S/C20H18ClN3OS/c1-20(2)7-12-16(13(25)8-20)18(14-5-6-15(21)26-14)17-11(23-12)4-3-10-9-22-24-19(10)17/h3-6,9,18,23H,7-8H2,1-2H3,(H,22,24). The van der Waals surface area contributed by atoms with Crippen molar-refractivity contribution < 1.29 is 4.79 Å². The number of nitrogens with one attached hydrogen (secondary N) is 2. The third kappa shape index (κ3) is 2.34. The van der Waals surface area contributed by atoms with E-state index in [0.717, 1.165) is 49.1 Å². The molecule has 4 nitrogen and oxygen atoms in total. The van der Waals surface area contributed by atoms with Crippen LogP contribution in [-0.4, -0.2) is 16.0 Å². The Hall–Kier alpha value is -2.11. The van der Waals surface area contributed by atoms with Crippen LogP contribution in [0.25, 0.3) is 10.9 Å². The van der Waals surface area contributed by atoms with Crippen LogP contribution in [0.4, 0.5) is 5.69 Å². The number of nitrogens with zero attached hydrogens (tertiary/aromatic N) is 1. The van der Waals surface area contributed by atoms with Crippen molar-refractivity contribution in [3.8, 4) is 0 Å². The van der Waals surface area contributed by atoms with E-state index < -0.39 is 0 Å². The number of H-pyrrole nitrogens is 1. The van der Waals surface area contributed by atoms with Crippen molar-refractivity contribution in [1.82, 2.24) is 10.2 Å². The van der Waals surface area contributed by atoms with Gasteiger partial charge in [-0.1, -0.05) is 25.4 Å². The van der Waals surface area contributed by atoms with Crippen LogP contribution in [-0.2, 0) is 4.79 Å². The summed E-state index contributed by atoms with van der Waals surface area (Å²) < 4.78 is 0.739. The monoisotopic (exact) mass is 383 g/mol. The number of carbonyl (C=O) groups excluding carboxylic acids is 1. The van der Waals surface area contributed by atoms with Crippen molar-refractivity contribution in [2.45, 2.75) is 32.6 Å². The molecule has 5 rings (SSSR count). The van der Waals surface area contributed by atoms with Gasteiger partial charge in [-0.15, -0.1) is 11.3 Å². The highest BCUT2D eigenvalue weighted by molar-refractivity contribution is 7.16. The lowest BCUT2D eigenvalue weighted by molar-refractivity contribution is -0.118. The minimum atomic E-state index is -0.105. The summed E-state index contributed by atoms with van der Waals surface area (Å²) in [5, 5.41) is 11.9. The van der Waals surface area contributed by atoms with Crippen molar-refractivity contribution in [2.75, 3.05) is 5.32 Å². The molecule has 0 bridgehead atoms. The van der Waals surface area contributed by atoms with E-state index in [9.17, 15) is 4.79 Å². The molecule has 2 aromatic heterocycles. The Labute approximate surface area is 160 Å². The van der Waals surface area contributed by atoms with E-state index in [-0.39, 0.29) is 17.1 Å². The van der Waals surface area contributed by atoms with Crippen LogP contribution < -0.4 is 5.32 Å². The summed E-state index contributed by atoms with van der Waals surface area (Å²) in [5.41, 5.74) is 5.01. The van der Waals surface area contributed by atoms with E-state index in [1.54, 1.807) is 11.3 Å². The predicted molar refractivity (Wildman–Crippen MR) is 106 cm³/mol. The topological polar surface area (TPSA) is 57.8 Å². The zero-order valence-electron chi connectivity index (χ0n) is 14.5. The number of hydrogen-bond donors (Lipinski definition) is 2. The van der Waals surface area contributed by atoms with Crippen molar-refractivity contribution in [3.05, 3.63) is 56.5 Å². The molecule has 3 aromatic rings. The van der Waals surface area contributed by atoms with Gasteiger partial charge in [-0.3, -0.25) is 9.89 Å². The molecule has 1 aliphatic heterocycles. The summed E-state index contributed by atoms with van der Waals surface area (Å²) in [4.78, 5) is 14.3. The number of carbonyl (C=O) groups is 1. The maximum absolute atomic E-state index is 13.2. The molecular weight excluding hydrogens is 366 g/mol. The molecule has 1 aromatic carbocycles. The molecule has 0 amide bonds. The SMILES string of the molecule is CC1(C)CC(=O)C2=C(C1)Nc1ccc3cn[nH]c3c1C2c1ccc(Cl)s1. The van der Waals surface area contributed by atoms with E-state index in [1.807, 2.05) is 18.3 Å². The number of allylic oxidation sites excluding steroid dienone is 2. The van der Waals surface area contributed by atoms with Gasteiger partial charge >= 0.3 is 0 Å². The molecule has 1 unspecified atom stereocenters. The number of anilines is 1. The molecule has 132 valence electrons. The molecule has 26 heavy (non-hydrogen) atoms. The third-order valence-electron chi connectivity index (χ3n) is 5.32. The molecule has 6 heteroatoms. The van der Waals surface area contributed by atoms with Crippen molar-refractivity contribution in [1.29, 1.82) is 0 Å². The highest BCUT2D eigenvalue weighted by Gasteiger charge is 2.41. The molecule has 2 aliphatic rings. The third-order valence-corrected chi connectivity index (χ3v) is 6.62. The average Bonchev–Trinajstić information content (AvgIpc) is 3.20. The van der Waals surface area contributed by atoms with Gasteiger partial charge in [-0.25, -0.2) is 0 Å². The highest BCUT2D eigenvalue weighted by atomic mass is 35.5. The second-order valence-corrected chi connectivity index (χ2v) is 9.64. The number of halogens is 1. The maximum Gasteiger partial charge on any atom is 0.162 e. The van der Waals surface area contributed by atoms with Gasteiger partial charge < -0.3 is 5.32 Å². The van der Waals surface area contributed by atoms with Gasteiger partial charge in [0.05, 0.1) is 22.0 Å². The van der Waals surface area contributed by atoms with E-state index in [0.29, 0.717) is 6.42 Å². The van der Waals surface area contributed by atoms with Gasteiger partial charge in [-0.2, -0.15) is 5.10 Å². The molecule has 1 atom stereocenters. The molecular formula is C20H18ClN3OS. The predicted octanol–water partition coefficient (Wildman–Crippen LogP) is 5.48. The van der Waals surface area contributed by atoms with Crippen molar-refractivity contribution in [3.63, 3.8) is 0 Å². The first kappa shape index (κ1) is 16.1. The molecule has 0 saturated heterocycles. The number of ketones is 1. The van der Waals surface area contributed by atoms with Gasteiger partial charge in [0.2, 0.25) is 0 Å². The number of Topliss-reactive ketones (excluding diaryl/α,β-unsaturated/α-hetero) is 1. The Morgan fingerprint density at radius 2 is 2.08 bits per heavy atom. The fourth-order valence-corrected chi connectivity index (χ4v) is 5.48. The first-order valence-electron chi connectivity index (χ1n) is 8.67. The van der Waals surface area contributed by atoms with Crippen LogP contribution in [0.15, 0.2) is 41.7 Å². The van der Waals surface area contributed by atoms with Crippen LogP contribution >= 0.6 is 22.9 Å². The summed E-state index contributed by atoms with van der Waals surface area (Å²) in [6.07, 6.45) is 3.26. The zero-order valence-corrected chi connectivity index (χ0v) is 16.1. The van der Waals surface area contributed by atoms with Crippen LogP contribution in [0.1, 0.15) is 43.0 Å². The van der Waals surface area contributed by atoms with E-state index in [2.05, 4.69) is 41.5 Å². The lowest BCUT2D eigenvalue weighted by atomic mass is 9.69. The van der Waals surface area contributed by atoms with Gasteiger partial charge in [0, 0.05) is 39.2 Å². The molecule has 2 N–H and O–H groups in total. The summed E-state index contributed by atoms with van der Waals surface area (Å²) in [5.74, 6) is 0.118. The average molecular weight is 384 g/mol. The van der Waals surface area contributed by atoms with Crippen LogP contribution in [0.2, 0.25) is 4.34 Å². The first-order chi connectivity index (χ1) is 12.4. The van der Waals surface area contributed by atoms with Crippen LogP contribution in [0, 0.1) is 5.41 Å². The van der Waals surface area contributed by atoms with E-state index in [1.165, 1.54) is 0 Å². The van der Waals surface area contributed by atoms with E-state index >= 15 is 0 Å². The number of thiophene rings is 1. The number of hydrogen-bond acceptors (Lipinski definition) is 4. The van der Waals surface area contributed by atoms with Gasteiger partial charge in [0.15, 0.2) is 5.78 Å². The molecule has 1 aliphatic carbocycles. The quantitative estimate of drug-likeness (QED) is 0.585. The zero-order chi connectivity index (χ0) is 18.1. The van der Waals surface area contributed by atoms with Gasteiger partial charge in [0.1, 0.15) is 0 Å². The second-order valence-electron chi connectivity index (χ2n) is 7.89. The Morgan fingerprint density at radius 1 is 1.23 bits per heavy atom. The number of rotatable bonds is 1. The molecule has 0 fully saturated rings. The minimum Gasteiger partial charge on any atom is -0.358 e. The number of aromatic amines is 1. The fourth-order valence-electron chi connectivity index (χ4n) is 4.30. The highest BCUT2D eigenvalue weighted by Crippen LogP contribution is 2.51. The summed E-state index contributed by atoms with van der Waals surface area (Å²) in [6.45, 7) is 4.31. The molecule has 0 radical (unpaired) electrons. The maximum atomic E-state index is 13.2. The number of fused-ring (bicyclic) bond motifs is 3. The second kappa shape index (κ2) is 5.44. The summed E-state index contributed by atoms with van der Waals surface area (Å²) >= 11 is 7.79. The molecule has 0 spiro atoms. The lowest BCUT2D eigenvalue weighted by Gasteiger charge is -2.39. The van der Waals surface area contributed by atoms with Crippen LogP contribution in [0.5, 0.6) is 0 Å². The largest absolute Gasteiger partial charge is 0.358 e. The Balaban J connectivity index is 1.81. The minimum absolute atomic E-state index is 0.0316. The first-order valence-corrected chi connectivity index (χ1v) is 9.87.